The summed E-state index contributed by atoms with van der Waals surface area (Å²) in [6, 6.07) is 0.953. The Hall–Kier alpha value is -0.0231. The van der Waals surface area contributed by atoms with Crippen LogP contribution in [0.25, 0.3) is 0 Å². The monoisotopic (exact) mass is 317 g/mol. The highest BCUT2D eigenvalue weighted by Crippen LogP contribution is 2.23. The van der Waals surface area contributed by atoms with Crippen molar-refractivity contribution in [3.8, 4) is 5.40 Å². The Balaban J connectivity index is 3.91. The molecule has 1 unspecified atom stereocenters. The van der Waals surface area contributed by atoms with Crippen molar-refractivity contribution in [2.24, 2.45) is 0 Å². The normalized spacial score (nSPS) is 12.6. The number of hydrogen-bond acceptors (Lipinski definition) is 4. The molecule has 0 saturated heterocycles. The highest BCUT2D eigenvalue weighted by molar-refractivity contribution is 8.04. The van der Waals surface area contributed by atoms with Crippen molar-refractivity contribution in [1.82, 2.24) is 0 Å². The van der Waals surface area contributed by atoms with E-state index in [1.54, 1.807) is 0 Å². The first-order valence-electron chi connectivity index (χ1n) is 8.06. The number of nitriles is 1. The van der Waals surface area contributed by atoms with E-state index in [0.717, 1.165) is 25.7 Å². The average molecular weight is 318 g/mol. The van der Waals surface area contributed by atoms with Gasteiger partial charge < -0.3 is 8.85 Å². The average Bonchev–Trinajstić information content (AvgIpc) is 2.43. The molecule has 0 N–H and O–H groups in total. The Morgan fingerprint density at radius 3 is 2.15 bits per heavy atom. The standard InChI is InChI=1S/C15H31NO2SSi/c1-4-7-8-9-10-11-12-15(19-14-16)13-20(17-5-2)18-6-3/h15,20H,4-13H2,1-3H3. The van der Waals surface area contributed by atoms with Gasteiger partial charge in [0.25, 0.3) is 0 Å². The molecule has 1 atom stereocenters. The van der Waals surface area contributed by atoms with Gasteiger partial charge in [-0.15, -0.1) is 0 Å². The van der Waals surface area contributed by atoms with Gasteiger partial charge in [-0.2, -0.15) is 5.26 Å². The maximum absolute atomic E-state index is 8.93. The fourth-order valence-electron chi connectivity index (χ4n) is 2.22. The third kappa shape index (κ3) is 11.8. The van der Waals surface area contributed by atoms with E-state index >= 15 is 0 Å². The first-order chi connectivity index (χ1) is 9.78. The summed E-state index contributed by atoms with van der Waals surface area (Å²) in [5, 5.41) is 11.6. The lowest BCUT2D eigenvalue weighted by Crippen LogP contribution is -2.27. The molecule has 3 nitrogen and oxygen atoms in total. The molecule has 0 heterocycles. The van der Waals surface area contributed by atoms with Crippen molar-refractivity contribution in [2.45, 2.75) is 77.0 Å². The second-order valence-electron chi connectivity index (χ2n) is 4.96. The zero-order valence-corrected chi connectivity index (χ0v) is 15.4. The van der Waals surface area contributed by atoms with E-state index in [2.05, 4.69) is 12.3 Å². The van der Waals surface area contributed by atoms with Gasteiger partial charge in [-0.3, -0.25) is 0 Å². The molecule has 118 valence electrons. The molecule has 0 aliphatic carbocycles. The molecule has 0 rings (SSSR count). The largest absolute Gasteiger partial charge is 0.397 e. The van der Waals surface area contributed by atoms with Crippen LogP contribution in [0, 0.1) is 10.7 Å². The van der Waals surface area contributed by atoms with Crippen LogP contribution in [-0.4, -0.2) is 27.7 Å². The van der Waals surface area contributed by atoms with Gasteiger partial charge in [-0.1, -0.05) is 45.4 Å². The minimum atomic E-state index is -1.57. The molecule has 0 saturated carbocycles. The molecular formula is C15H31NO2SSi. The van der Waals surface area contributed by atoms with Crippen LogP contribution in [0.15, 0.2) is 0 Å². The quantitative estimate of drug-likeness (QED) is 0.266. The number of thiocyanates is 1. The van der Waals surface area contributed by atoms with Crippen LogP contribution >= 0.6 is 11.8 Å². The van der Waals surface area contributed by atoms with E-state index in [0.29, 0.717) is 5.25 Å². The molecule has 0 radical (unpaired) electrons. The summed E-state index contributed by atoms with van der Waals surface area (Å²) in [4.78, 5) is 0. The van der Waals surface area contributed by atoms with Crippen LogP contribution in [0.2, 0.25) is 6.04 Å². The van der Waals surface area contributed by atoms with Crippen molar-refractivity contribution in [1.29, 1.82) is 5.26 Å². The molecule has 0 fully saturated rings. The van der Waals surface area contributed by atoms with E-state index in [-0.39, 0.29) is 0 Å². The molecular weight excluding hydrogens is 286 g/mol. The maximum Gasteiger partial charge on any atom is 0.322 e. The van der Waals surface area contributed by atoms with Crippen molar-refractivity contribution in [3.63, 3.8) is 0 Å². The minimum absolute atomic E-state index is 0.390. The SMILES string of the molecule is CCCCCCCCC(C[SiH](OCC)OCC)SC#N. The first kappa shape index (κ1) is 20.0. The number of unbranched alkanes of at least 4 members (excludes halogenated alkanes) is 5. The minimum Gasteiger partial charge on any atom is -0.397 e. The van der Waals surface area contributed by atoms with E-state index in [1.807, 2.05) is 13.8 Å². The van der Waals surface area contributed by atoms with E-state index < -0.39 is 9.28 Å². The Bertz CT molecular complexity index is 243. The van der Waals surface area contributed by atoms with Gasteiger partial charge in [0.05, 0.1) is 0 Å². The van der Waals surface area contributed by atoms with Crippen molar-refractivity contribution in [3.05, 3.63) is 0 Å². The fourth-order valence-corrected chi connectivity index (χ4v) is 5.29. The molecule has 20 heavy (non-hydrogen) atoms. The van der Waals surface area contributed by atoms with Gasteiger partial charge in [-0.25, -0.2) is 0 Å². The maximum atomic E-state index is 8.93. The smallest absolute Gasteiger partial charge is 0.322 e. The molecule has 0 aliphatic rings. The third-order valence-corrected chi connectivity index (χ3v) is 6.83. The summed E-state index contributed by atoms with van der Waals surface area (Å²) in [5.74, 6) is 0. The first-order valence-corrected chi connectivity index (χ1v) is 10.7. The van der Waals surface area contributed by atoms with E-state index in [4.69, 9.17) is 14.1 Å². The lowest BCUT2D eigenvalue weighted by molar-refractivity contribution is 0.213. The fraction of sp³-hybridized carbons (Fsp3) is 0.933. The van der Waals surface area contributed by atoms with Crippen LogP contribution in [0.4, 0.5) is 0 Å². The molecule has 0 amide bonds. The summed E-state index contributed by atoms with van der Waals surface area (Å²) in [5.41, 5.74) is 0. The molecule has 0 aliphatic heterocycles. The van der Waals surface area contributed by atoms with Crippen molar-refractivity contribution >= 4 is 21.0 Å². The van der Waals surface area contributed by atoms with Crippen LogP contribution in [0.5, 0.6) is 0 Å². The predicted molar refractivity (Wildman–Crippen MR) is 90.2 cm³/mol. The molecule has 0 aromatic rings. The summed E-state index contributed by atoms with van der Waals surface area (Å²) < 4.78 is 11.4. The summed E-state index contributed by atoms with van der Waals surface area (Å²) in [7, 11) is -1.57. The molecule has 0 bridgehead atoms. The predicted octanol–water partition coefficient (Wildman–Crippen LogP) is 4.61. The van der Waals surface area contributed by atoms with Gasteiger partial charge in [0.1, 0.15) is 5.40 Å². The lowest BCUT2D eigenvalue weighted by atomic mass is 10.1. The number of thioether (sulfide) groups is 1. The highest BCUT2D eigenvalue weighted by atomic mass is 32.2. The molecule has 0 aromatic carbocycles. The Morgan fingerprint density at radius 2 is 1.60 bits per heavy atom. The van der Waals surface area contributed by atoms with Crippen molar-refractivity contribution < 1.29 is 8.85 Å². The zero-order valence-electron chi connectivity index (χ0n) is 13.4. The zero-order chi connectivity index (χ0) is 15.1. The van der Waals surface area contributed by atoms with Gasteiger partial charge in [0.15, 0.2) is 0 Å². The van der Waals surface area contributed by atoms with Crippen LogP contribution < -0.4 is 0 Å². The second kappa shape index (κ2) is 15.4. The lowest BCUT2D eigenvalue weighted by Gasteiger charge is -2.19. The Kier molecular flexibility index (Phi) is 15.3. The molecule has 0 aromatic heterocycles. The van der Waals surface area contributed by atoms with E-state index in [1.165, 1.54) is 50.3 Å². The molecule has 5 heteroatoms. The van der Waals surface area contributed by atoms with Crippen LogP contribution in [-0.2, 0) is 8.85 Å². The van der Waals surface area contributed by atoms with Gasteiger partial charge in [0, 0.05) is 24.5 Å². The van der Waals surface area contributed by atoms with Crippen LogP contribution in [0.1, 0.15) is 65.7 Å². The Labute approximate surface area is 131 Å². The van der Waals surface area contributed by atoms with Gasteiger partial charge in [-0.05, 0) is 32.0 Å². The van der Waals surface area contributed by atoms with Crippen LogP contribution in [0.3, 0.4) is 0 Å². The number of hydrogen-bond donors (Lipinski definition) is 0. The summed E-state index contributed by atoms with van der Waals surface area (Å²) in [6.07, 6.45) is 8.95. The second-order valence-corrected chi connectivity index (χ2v) is 8.05. The van der Waals surface area contributed by atoms with Gasteiger partial charge in [0.2, 0.25) is 0 Å². The summed E-state index contributed by atoms with van der Waals surface area (Å²) in [6.45, 7) is 7.71. The Morgan fingerprint density at radius 1 is 1.00 bits per heavy atom. The number of rotatable bonds is 14. The van der Waals surface area contributed by atoms with E-state index in [9.17, 15) is 0 Å². The van der Waals surface area contributed by atoms with Crippen molar-refractivity contribution in [2.75, 3.05) is 13.2 Å². The third-order valence-electron chi connectivity index (χ3n) is 3.26. The number of nitrogens with zero attached hydrogens (tertiary/aromatic N) is 1. The topological polar surface area (TPSA) is 42.2 Å². The highest BCUT2D eigenvalue weighted by Gasteiger charge is 2.20. The van der Waals surface area contributed by atoms with Gasteiger partial charge >= 0.3 is 9.28 Å². The summed E-state index contributed by atoms with van der Waals surface area (Å²) >= 11 is 1.41. The molecule has 0 spiro atoms.